The minimum Gasteiger partial charge on any atom is -0.493 e. The molecule has 3 nitrogen and oxygen atoms in total. The number of methoxy groups -OCH3 is 1. The highest BCUT2D eigenvalue weighted by Crippen LogP contribution is 2.43. The highest BCUT2D eigenvalue weighted by atomic mass is 16.5. The molecule has 0 bridgehead atoms. The van der Waals surface area contributed by atoms with Crippen LogP contribution in [0.2, 0.25) is 0 Å². The summed E-state index contributed by atoms with van der Waals surface area (Å²) in [5, 5.41) is 0. The average Bonchev–Trinajstić information content (AvgIpc) is 2.30. The number of benzene rings is 1. The standard InChI is InChI=1S/C14H21NO2/c1-9-5-6-10(11(7-9)16-4)17-13-8-12(15)14(13,2)3/h5-7,12-13H,8,15H2,1-4H3. The van der Waals surface area contributed by atoms with E-state index in [1.165, 1.54) is 5.56 Å². The van der Waals surface area contributed by atoms with Crippen LogP contribution in [0.1, 0.15) is 25.8 Å². The van der Waals surface area contributed by atoms with Gasteiger partial charge < -0.3 is 15.2 Å². The van der Waals surface area contributed by atoms with E-state index >= 15 is 0 Å². The van der Waals surface area contributed by atoms with Crippen molar-refractivity contribution >= 4 is 0 Å². The summed E-state index contributed by atoms with van der Waals surface area (Å²) in [6, 6.07) is 6.21. The Hall–Kier alpha value is -1.22. The molecule has 3 heteroatoms. The molecule has 17 heavy (non-hydrogen) atoms. The lowest BCUT2D eigenvalue weighted by Crippen LogP contribution is -2.60. The first-order valence-electron chi connectivity index (χ1n) is 6.02. The number of hydrogen-bond donors (Lipinski definition) is 1. The molecule has 1 aromatic rings. The molecule has 1 aliphatic carbocycles. The Morgan fingerprint density at radius 2 is 2.00 bits per heavy atom. The fraction of sp³-hybridized carbons (Fsp3) is 0.571. The summed E-state index contributed by atoms with van der Waals surface area (Å²) in [6.45, 7) is 6.33. The average molecular weight is 235 g/mol. The van der Waals surface area contributed by atoms with E-state index < -0.39 is 0 Å². The van der Waals surface area contributed by atoms with Crippen molar-refractivity contribution in [2.45, 2.75) is 39.3 Å². The lowest BCUT2D eigenvalue weighted by Gasteiger charge is -2.49. The van der Waals surface area contributed by atoms with Gasteiger partial charge in [0.15, 0.2) is 11.5 Å². The molecule has 2 N–H and O–H groups in total. The lowest BCUT2D eigenvalue weighted by molar-refractivity contribution is -0.0411. The molecule has 2 atom stereocenters. The van der Waals surface area contributed by atoms with E-state index in [9.17, 15) is 0 Å². The van der Waals surface area contributed by atoms with Gasteiger partial charge in [0.1, 0.15) is 6.10 Å². The first-order valence-corrected chi connectivity index (χ1v) is 6.02. The quantitative estimate of drug-likeness (QED) is 0.875. The summed E-state index contributed by atoms with van der Waals surface area (Å²) in [7, 11) is 1.67. The third-order valence-electron chi connectivity index (χ3n) is 3.84. The highest BCUT2D eigenvalue weighted by molar-refractivity contribution is 5.43. The van der Waals surface area contributed by atoms with Crippen LogP contribution in [-0.4, -0.2) is 19.3 Å². The third-order valence-corrected chi connectivity index (χ3v) is 3.84. The van der Waals surface area contributed by atoms with Gasteiger partial charge in [0.25, 0.3) is 0 Å². The summed E-state index contributed by atoms with van der Waals surface area (Å²) >= 11 is 0. The van der Waals surface area contributed by atoms with Gasteiger partial charge in [0, 0.05) is 17.9 Å². The van der Waals surface area contributed by atoms with E-state index in [0.29, 0.717) is 0 Å². The van der Waals surface area contributed by atoms with Crippen molar-refractivity contribution in [2.75, 3.05) is 7.11 Å². The van der Waals surface area contributed by atoms with Gasteiger partial charge >= 0.3 is 0 Å². The zero-order valence-corrected chi connectivity index (χ0v) is 11.0. The van der Waals surface area contributed by atoms with E-state index in [2.05, 4.69) is 13.8 Å². The van der Waals surface area contributed by atoms with Gasteiger partial charge in [0.2, 0.25) is 0 Å². The molecular formula is C14H21NO2. The van der Waals surface area contributed by atoms with Crippen LogP contribution in [0.25, 0.3) is 0 Å². The second-order valence-corrected chi connectivity index (χ2v) is 5.42. The normalized spacial score (nSPS) is 26.2. The first kappa shape index (κ1) is 12.2. The maximum Gasteiger partial charge on any atom is 0.161 e. The molecular weight excluding hydrogens is 214 g/mol. The maximum atomic E-state index is 6.01. The van der Waals surface area contributed by atoms with Crippen molar-refractivity contribution < 1.29 is 9.47 Å². The first-order chi connectivity index (χ1) is 7.95. The van der Waals surface area contributed by atoms with Gasteiger partial charge in [0.05, 0.1) is 7.11 Å². The summed E-state index contributed by atoms with van der Waals surface area (Å²) in [5.41, 5.74) is 7.19. The summed E-state index contributed by atoms with van der Waals surface area (Å²) in [4.78, 5) is 0. The fourth-order valence-electron chi connectivity index (χ4n) is 2.14. The minimum atomic E-state index is 0.0376. The molecule has 1 fully saturated rings. The molecule has 0 aliphatic heterocycles. The molecule has 2 rings (SSSR count). The monoisotopic (exact) mass is 235 g/mol. The Kier molecular flexibility index (Phi) is 3.04. The van der Waals surface area contributed by atoms with Crippen molar-refractivity contribution in [1.82, 2.24) is 0 Å². The second kappa shape index (κ2) is 4.22. The molecule has 1 aromatic carbocycles. The van der Waals surface area contributed by atoms with E-state index in [1.807, 2.05) is 25.1 Å². The zero-order valence-electron chi connectivity index (χ0n) is 11.0. The van der Waals surface area contributed by atoms with Crippen molar-refractivity contribution in [3.63, 3.8) is 0 Å². The Morgan fingerprint density at radius 1 is 1.29 bits per heavy atom. The van der Waals surface area contributed by atoms with Crippen LogP contribution < -0.4 is 15.2 Å². The molecule has 2 unspecified atom stereocenters. The number of aryl methyl sites for hydroxylation is 1. The largest absolute Gasteiger partial charge is 0.493 e. The number of nitrogens with two attached hydrogens (primary N) is 1. The van der Waals surface area contributed by atoms with Gasteiger partial charge in [-0.25, -0.2) is 0 Å². The number of hydrogen-bond acceptors (Lipinski definition) is 3. The molecule has 0 aromatic heterocycles. The van der Waals surface area contributed by atoms with Gasteiger partial charge in [-0.15, -0.1) is 0 Å². The zero-order chi connectivity index (χ0) is 12.6. The van der Waals surface area contributed by atoms with Crippen molar-refractivity contribution in [3.05, 3.63) is 23.8 Å². The maximum absolute atomic E-state index is 6.01. The van der Waals surface area contributed by atoms with E-state index in [1.54, 1.807) is 7.11 Å². The Labute approximate surface area is 103 Å². The smallest absolute Gasteiger partial charge is 0.161 e. The molecule has 1 aliphatic rings. The number of ether oxygens (including phenoxy) is 2. The van der Waals surface area contributed by atoms with Gasteiger partial charge in [-0.3, -0.25) is 0 Å². The van der Waals surface area contributed by atoms with Crippen molar-refractivity contribution in [1.29, 1.82) is 0 Å². The van der Waals surface area contributed by atoms with Crippen LogP contribution in [0.3, 0.4) is 0 Å². The van der Waals surface area contributed by atoms with E-state index in [0.717, 1.165) is 17.9 Å². The van der Waals surface area contributed by atoms with Crippen molar-refractivity contribution in [3.8, 4) is 11.5 Å². The molecule has 0 saturated heterocycles. The van der Waals surface area contributed by atoms with E-state index in [-0.39, 0.29) is 17.6 Å². The third kappa shape index (κ3) is 2.12. The Balaban J connectivity index is 2.15. The highest BCUT2D eigenvalue weighted by Gasteiger charge is 2.48. The van der Waals surface area contributed by atoms with Crippen LogP contribution in [0, 0.1) is 12.3 Å². The number of rotatable bonds is 3. The summed E-state index contributed by atoms with van der Waals surface area (Å²) in [6.07, 6.45) is 1.08. The lowest BCUT2D eigenvalue weighted by atomic mass is 9.65. The van der Waals surface area contributed by atoms with E-state index in [4.69, 9.17) is 15.2 Å². The molecule has 0 heterocycles. The Morgan fingerprint density at radius 3 is 2.53 bits per heavy atom. The van der Waals surface area contributed by atoms with Crippen LogP contribution in [-0.2, 0) is 0 Å². The summed E-state index contributed by atoms with van der Waals surface area (Å²) < 4.78 is 11.3. The molecule has 0 amide bonds. The van der Waals surface area contributed by atoms with Gasteiger partial charge in [-0.1, -0.05) is 19.9 Å². The second-order valence-electron chi connectivity index (χ2n) is 5.42. The van der Waals surface area contributed by atoms with Gasteiger partial charge in [-0.2, -0.15) is 0 Å². The van der Waals surface area contributed by atoms with Crippen LogP contribution in [0.4, 0.5) is 0 Å². The Bertz CT molecular complexity index is 415. The predicted molar refractivity (Wildman–Crippen MR) is 68.5 cm³/mol. The molecule has 0 spiro atoms. The SMILES string of the molecule is COc1cc(C)ccc1OC1CC(N)C1(C)C. The molecule has 94 valence electrons. The minimum absolute atomic E-state index is 0.0376. The molecule has 0 radical (unpaired) electrons. The van der Waals surface area contributed by atoms with Crippen LogP contribution in [0.15, 0.2) is 18.2 Å². The topological polar surface area (TPSA) is 44.5 Å². The van der Waals surface area contributed by atoms with Crippen molar-refractivity contribution in [2.24, 2.45) is 11.1 Å². The summed E-state index contributed by atoms with van der Waals surface area (Å²) in [5.74, 6) is 1.60. The fourth-order valence-corrected chi connectivity index (χ4v) is 2.14. The molecule has 1 saturated carbocycles. The predicted octanol–water partition coefficient (Wildman–Crippen LogP) is 2.51. The van der Waals surface area contributed by atoms with Crippen LogP contribution >= 0.6 is 0 Å². The van der Waals surface area contributed by atoms with Crippen LogP contribution in [0.5, 0.6) is 11.5 Å². The van der Waals surface area contributed by atoms with Gasteiger partial charge in [-0.05, 0) is 24.6 Å².